The minimum absolute atomic E-state index is 0.00417. The molecule has 5 aromatic rings. The van der Waals surface area contributed by atoms with Crippen LogP contribution in [0, 0.1) is 20.7 Å². The van der Waals surface area contributed by atoms with Gasteiger partial charge >= 0.3 is 0 Å². The predicted octanol–water partition coefficient (Wildman–Crippen LogP) is 13.6. The lowest BCUT2D eigenvalue weighted by Gasteiger charge is -2.47. The van der Waals surface area contributed by atoms with Gasteiger partial charge in [0.05, 0.1) is 0 Å². The highest BCUT2D eigenvalue weighted by Crippen LogP contribution is 2.54. The molecule has 4 aliphatic rings. The molecule has 0 atom stereocenters. The average molecular weight is 784 g/mol. The summed E-state index contributed by atoms with van der Waals surface area (Å²) in [6, 6.07) is 28.1. The van der Waals surface area contributed by atoms with E-state index in [1.807, 2.05) is 12.1 Å². The maximum atomic E-state index is 9.07. The molecule has 306 valence electrons. The van der Waals surface area contributed by atoms with Crippen LogP contribution in [0.2, 0.25) is 0 Å². The van der Waals surface area contributed by atoms with Gasteiger partial charge in [0.1, 0.15) is 0 Å². The summed E-state index contributed by atoms with van der Waals surface area (Å²) in [5.41, 5.74) is 21.0. The van der Waals surface area contributed by atoms with Gasteiger partial charge < -0.3 is 9.80 Å². The molecule has 5 aromatic carbocycles. The minimum Gasteiger partial charge on any atom is -0.311 e. The molecule has 0 aromatic heterocycles. The van der Waals surface area contributed by atoms with Gasteiger partial charge in [-0.25, -0.2) is 0 Å². The summed E-state index contributed by atoms with van der Waals surface area (Å²) in [6.07, 6.45) is 3.33. The molecule has 2 heterocycles. The molecule has 0 N–H and O–H groups in total. The molecule has 0 saturated heterocycles. The summed E-state index contributed by atoms with van der Waals surface area (Å²) in [5, 5.41) is 0. The monoisotopic (exact) mass is 784 g/mol. The highest BCUT2D eigenvalue weighted by Gasteiger charge is 2.49. The van der Waals surface area contributed by atoms with E-state index >= 15 is 0 Å². The Morgan fingerprint density at radius 1 is 0.492 bits per heavy atom. The minimum atomic E-state index is -2.34. The van der Waals surface area contributed by atoms with Crippen LogP contribution in [-0.2, 0) is 32.5 Å². The molecule has 9 rings (SSSR count). The lowest BCUT2D eigenvalue weighted by Crippen LogP contribution is -2.61. The van der Waals surface area contributed by atoms with E-state index in [0.29, 0.717) is 5.56 Å². The lowest BCUT2D eigenvalue weighted by molar-refractivity contribution is 0.332. The fourth-order valence-corrected chi connectivity index (χ4v) is 11.8. The quantitative estimate of drug-likeness (QED) is 0.161. The van der Waals surface area contributed by atoms with Gasteiger partial charge in [-0.15, -0.1) is 0 Å². The topological polar surface area (TPSA) is 6.48 Å². The van der Waals surface area contributed by atoms with Gasteiger partial charge in [-0.1, -0.05) is 133 Å². The molecule has 2 nitrogen and oxygen atoms in total. The molecule has 0 unspecified atom stereocenters. The number of nitrogens with zero attached hydrogens (tertiary/aromatic N) is 2. The van der Waals surface area contributed by atoms with E-state index in [4.69, 9.17) is 4.11 Å². The number of anilines is 6. The number of benzene rings is 5. The van der Waals surface area contributed by atoms with Crippen molar-refractivity contribution in [2.24, 2.45) is 0 Å². The fourth-order valence-electron chi connectivity index (χ4n) is 11.8. The van der Waals surface area contributed by atoms with Gasteiger partial charge in [0, 0.05) is 38.2 Å². The maximum Gasteiger partial charge on any atom is 0.252 e. The zero-order valence-corrected chi connectivity index (χ0v) is 39.0. The average Bonchev–Trinajstić information content (AvgIpc) is 3.33. The van der Waals surface area contributed by atoms with Crippen LogP contribution >= 0.6 is 0 Å². The first-order chi connectivity index (χ1) is 28.4. The Kier molecular flexibility index (Phi) is 7.71. The van der Waals surface area contributed by atoms with Gasteiger partial charge in [0.25, 0.3) is 6.71 Å². The third-order valence-corrected chi connectivity index (χ3v) is 15.1. The maximum absolute atomic E-state index is 9.07. The van der Waals surface area contributed by atoms with Crippen molar-refractivity contribution in [2.75, 3.05) is 9.80 Å². The summed E-state index contributed by atoms with van der Waals surface area (Å²) in [7, 11) is 0. The van der Waals surface area contributed by atoms with Crippen molar-refractivity contribution >= 4 is 57.2 Å². The number of fused-ring (bicyclic) bond motifs is 6. The van der Waals surface area contributed by atoms with E-state index in [-0.39, 0.29) is 39.2 Å². The van der Waals surface area contributed by atoms with Crippen LogP contribution in [0.3, 0.4) is 0 Å². The second kappa shape index (κ2) is 12.4. The third kappa shape index (κ3) is 6.01. The number of rotatable bonds is 2. The zero-order chi connectivity index (χ0) is 45.2. The molecular formula is C56H69BN2. The van der Waals surface area contributed by atoms with Gasteiger partial charge in [-0.05, 0) is 175 Å². The van der Waals surface area contributed by atoms with Crippen molar-refractivity contribution in [2.45, 2.75) is 169 Å². The first-order valence-electron chi connectivity index (χ1n) is 23.8. The molecule has 0 saturated carbocycles. The molecule has 0 radical (unpaired) electrons. The number of hydrogen-bond acceptors (Lipinski definition) is 2. The summed E-state index contributed by atoms with van der Waals surface area (Å²) in [6.45, 7) is 35.0. The molecule has 3 heteroatoms. The van der Waals surface area contributed by atoms with Gasteiger partial charge in [-0.3, -0.25) is 0 Å². The molecule has 2 aliphatic carbocycles. The Morgan fingerprint density at radius 3 is 1.54 bits per heavy atom. The van der Waals surface area contributed by atoms with Gasteiger partial charge in [-0.2, -0.15) is 0 Å². The van der Waals surface area contributed by atoms with Crippen LogP contribution < -0.4 is 26.2 Å². The van der Waals surface area contributed by atoms with E-state index in [1.54, 1.807) is 0 Å². The summed E-state index contributed by atoms with van der Waals surface area (Å²) in [5.74, 6) is 0. The van der Waals surface area contributed by atoms with Crippen molar-refractivity contribution in [3.05, 3.63) is 123 Å². The van der Waals surface area contributed by atoms with Crippen molar-refractivity contribution in [1.82, 2.24) is 0 Å². The Hall–Kier alpha value is -4.24. The molecule has 0 spiro atoms. The van der Waals surface area contributed by atoms with Crippen LogP contribution in [0.1, 0.15) is 170 Å². The van der Waals surface area contributed by atoms with Crippen molar-refractivity contribution < 1.29 is 4.11 Å². The second-order valence-electron chi connectivity index (χ2n) is 23.7. The van der Waals surface area contributed by atoms with E-state index in [9.17, 15) is 0 Å². The zero-order valence-electron chi connectivity index (χ0n) is 42.0. The van der Waals surface area contributed by atoms with Crippen LogP contribution in [0.5, 0.6) is 0 Å². The van der Waals surface area contributed by atoms with E-state index in [1.165, 1.54) is 66.6 Å². The predicted molar refractivity (Wildman–Crippen MR) is 258 cm³/mol. The van der Waals surface area contributed by atoms with Crippen molar-refractivity contribution in [3.63, 3.8) is 0 Å². The SMILES string of the molecule is [2H]C([2H])([2H])c1cc2c3c(c1)N(c1cc4c(cc1C)C(C)(C)CCC4(C)C)c1cc4c(cc1B3c1ccc(C(C)(C)C)cc1N2c1ccc(C(C)(C)C)cc1C)C(C)(C)CC4(C)C. The molecule has 2 aliphatic heterocycles. The van der Waals surface area contributed by atoms with Crippen LogP contribution in [0.25, 0.3) is 0 Å². The summed E-state index contributed by atoms with van der Waals surface area (Å²) < 4.78 is 27.2. The summed E-state index contributed by atoms with van der Waals surface area (Å²) >= 11 is 0. The molecule has 0 bridgehead atoms. The Morgan fingerprint density at radius 2 is 0.966 bits per heavy atom. The molecule has 0 fully saturated rings. The largest absolute Gasteiger partial charge is 0.311 e. The Bertz CT molecular complexity index is 2720. The highest BCUT2D eigenvalue weighted by molar-refractivity contribution is 7.00. The van der Waals surface area contributed by atoms with Crippen molar-refractivity contribution in [1.29, 1.82) is 0 Å². The third-order valence-electron chi connectivity index (χ3n) is 15.1. The molecule has 59 heavy (non-hydrogen) atoms. The summed E-state index contributed by atoms with van der Waals surface area (Å²) in [4.78, 5) is 4.92. The Balaban J connectivity index is 1.45. The molecular weight excluding hydrogens is 711 g/mol. The first-order valence-corrected chi connectivity index (χ1v) is 22.3. The van der Waals surface area contributed by atoms with Crippen LogP contribution in [0.4, 0.5) is 34.1 Å². The standard InChI is InChI=1S/C56H69BN2/c1-33-24-48-50-49(25-33)59(45-30-40-38(27-35(45)3)53(10,11)22-23-54(40,12)13)47-31-41-39(55(14,15)32-56(41,16)17)29-43(47)57(50)42-20-18-37(52(7,8)9)28-46(42)58(48)44-21-19-36(26-34(44)2)51(4,5)6/h18-21,24-31H,22-23,32H2,1-17H3/i1D3. The highest BCUT2D eigenvalue weighted by atomic mass is 15.2. The second-order valence-corrected chi connectivity index (χ2v) is 23.7. The Labute approximate surface area is 362 Å². The van der Waals surface area contributed by atoms with E-state index < -0.39 is 6.85 Å². The fraction of sp³-hybridized carbons (Fsp3) is 0.464. The number of aryl methyl sites for hydroxylation is 3. The van der Waals surface area contributed by atoms with Crippen LogP contribution in [-0.4, -0.2) is 6.71 Å². The van der Waals surface area contributed by atoms with E-state index in [0.717, 1.165) is 47.7 Å². The van der Waals surface area contributed by atoms with Gasteiger partial charge in [0.2, 0.25) is 0 Å². The van der Waals surface area contributed by atoms with E-state index in [2.05, 4.69) is 181 Å². The first kappa shape index (κ1) is 36.6. The van der Waals surface area contributed by atoms with Gasteiger partial charge in [0.15, 0.2) is 0 Å². The molecule has 0 amide bonds. The lowest BCUT2D eigenvalue weighted by atomic mass is 9.33. The normalized spacial score (nSPS) is 20.1. The van der Waals surface area contributed by atoms with Crippen LogP contribution in [0.15, 0.2) is 72.8 Å². The smallest absolute Gasteiger partial charge is 0.252 e. The van der Waals surface area contributed by atoms with Crippen molar-refractivity contribution in [3.8, 4) is 0 Å². The number of hydrogen-bond donors (Lipinski definition) is 0.